The van der Waals surface area contributed by atoms with Crippen LogP contribution in [0, 0.1) is 0 Å². The topological polar surface area (TPSA) is 26.7 Å². The number of aliphatic hydroxyl groups is 1. The fourth-order valence-corrected chi connectivity index (χ4v) is 2.97. The zero-order chi connectivity index (χ0) is 13.8. The Labute approximate surface area is 120 Å². The van der Waals surface area contributed by atoms with Crippen LogP contribution in [-0.2, 0) is 0 Å². The van der Waals surface area contributed by atoms with E-state index in [-0.39, 0.29) is 0 Å². The van der Waals surface area contributed by atoms with Crippen LogP contribution in [0.3, 0.4) is 0 Å². The van der Waals surface area contributed by atoms with Gasteiger partial charge in [0.05, 0.1) is 6.10 Å². The number of nitrogens with zero attached hydrogens (tertiary/aromatic N) is 2. The van der Waals surface area contributed by atoms with E-state index in [2.05, 4.69) is 23.9 Å². The van der Waals surface area contributed by atoms with Gasteiger partial charge in [-0.25, -0.2) is 0 Å². The second-order valence-corrected chi connectivity index (χ2v) is 5.94. The molecule has 1 saturated heterocycles. The number of likely N-dealkylation sites (tertiary alicyclic amines) is 1. The third kappa shape index (κ3) is 3.93. The standard InChI is InChI=1S/C15H23ClN2O/c1-17(2)12-7-9-18(10-8-12)11-15(19)13-5-3-4-6-14(13)16/h3-6,12,15,19H,7-11H2,1-2H3/t15-/m1/s1. The summed E-state index contributed by atoms with van der Waals surface area (Å²) in [6.45, 7) is 2.76. The van der Waals surface area contributed by atoms with Gasteiger partial charge in [-0.05, 0) is 46.1 Å². The van der Waals surface area contributed by atoms with E-state index in [1.165, 1.54) is 12.8 Å². The van der Waals surface area contributed by atoms with Crippen molar-refractivity contribution in [1.29, 1.82) is 0 Å². The van der Waals surface area contributed by atoms with Gasteiger partial charge >= 0.3 is 0 Å². The largest absolute Gasteiger partial charge is 0.387 e. The quantitative estimate of drug-likeness (QED) is 0.919. The summed E-state index contributed by atoms with van der Waals surface area (Å²) in [5, 5.41) is 10.9. The number of halogens is 1. The molecule has 0 saturated carbocycles. The summed E-state index contributed by atoms with van der Waals surface area (Å²) in [5.74, 6) is 0. The van der Waals surface area contributed by atoms with Gasteiger partial charge in [0.15, 0.2) is 0 Å². The molecule has 3 nitrogen and oxygen atoms in total. The Hall–Kier alpha value is -0.610. The van der Waals surface area contributed by atoms with E-state index in [0.717, 1.165) is 18.7 Å². The lowest BCUT2D eigenvalue weighted by Gasteiger charge is -2.36. The molecule has 1 atom stereocenters. The number of aliphatic hydroxyl groups excluding tert-OH is 1. The van der Waals surface area contributed by atoms with Crippen LogP contribution in [0.5, 0.6) is 0 Å². The van der Waals surface area contributed by atoms with Crippen LogP contribution in [0.4, 0.5) is 0 Å². The van der Waals surface area contributed by atoms with Crippen molar-refractivity contribution in [3.63, 3.8) is 0 Å². The first-order valence-corrected chi connectivity index (χ1v) is 7.27. The van der Waals surface area contributed by atoms with Crippen molar-refractivity contribution in [2.75, 3.05) is 33.7 Å². The highest BCUT2D eigenvalue weighted by Gasteiger charge is 2.23. The highest BCUT2D eigenvalue weighted by Crippen LogP contribution is 2.24. The summed E-state index contributed by atoms with van der Waals surface area (Å²) in [6, 6.07) is 8.22. The molecule has 1 aliphatic rings. The molecule has 0 unspecified atom stereocenters. The molecule has 0 aromatic heterocycles. The van der Waals surface area contributed by atoms with Crippen molar-refractivity contribution in [2.45, 2.75) is 25.0 Å². The molecule has 1 aromatic rings. The molecule has 1 aromatic carbocycles. The van der Waals surface area contributed by atoms with E-state index < -0.39 is 6.10 Å². The smallest absolute Gasteiger partial charge is 0.0931 e. The van der Waals surface area contributed by atoms with Gasteiger partial charge in [0, 0.05) is 23.2 Å². The highest BCUT2D eigenvalue weighted by molar-refractivity contribution is 6.31. The minimum Gasteiger partial charge on any atom is -0.387 e. The molecule has 1 fully saturated rings. The molecule has 0 amide bonds. The van der Waals surface area contributed by atoms with E-state index in [4.69, 9.17) is 11.6 Å². The van der Waals surface area contributed by atoms with E-state index in [9.17, 15) is 5.11 Å². The first kappa shape index (κ1) is 14.8. The Bertz CT molecular complexity index is 403. The Morgan fingerprint density at radius 3 is 2.53 bits per heavy atom. The highest BCUT2D eigenvalue weighted by atomic mass is 35.5. The molecule has 2 rings (SSSR count). The SMILES string of the molecule is CN(C)C1CCN(C[C@@H](O)c2ccccc2Cl)CC1. The predicted octanol–water partition coefficient (Wildman–Crippen LogP) is 2.40. The molecule has 0 bridgehead atoms. The van der Waals surface area contributed by atoms with Crippen molar-refractivity contribution >= 4 is 11.6 Å². The second-order valence-electron chi connectivity index (χ2n) is 5.53. The first-order valence-electron chi connectivity index (χ1n) is 6.89. The molecule has 4 heteroatoms. The van der Waals surface area contributed by atoms with Crippen molar-refractivity contribution < 1.29 is 5.11 Å². The Balaban J connectivity index is 1.87. The van der Waals surface area contributed by atoms with E-state index in [1.54, 1.807) is 0 Å². The summed E-state index contributed by atoms with van der Waals surface area (Å²) in [7, 11) is 4.28. The van der Waals surface area contributed by atoms with Crippen molar-refractivity contribution in [3.05, 3.63) is 34.9 Å². The molecule has 1 N–H and O–H groups in total. The van der Waals surface area contributed by atoms with Gasteiger partial charge in [0.1, 0.15) is 0 Å². The maximum atomic E-state index is 10.3. The number of rotatable bonds is 4. The van der Waals surface area contributed by atoms with Crippen LogP contribution in [0.1, 0.15) is 24.5 Å². The minimum absolute atomic E-state index is 0.496. The van der Waals surface area contributed by atoms with Crippen LogP contribution in [0.2, 0.25) is 5.02 Å². The van der Waals surface area contributed by atoms with E-state index >= 15 is 0 Å². The van der Waals surface area contributed by atoms with Gasteiger partial charge in [-0.1, -0.05) is 29.8 Å². The third-order valence-electron chi connectivity index (χ3n) is 3.98. The lowest BCUT2D eigenvalue weighted by atomic mass is 10.0. The molecular formula is C15H23ClN2O. The number of piperidine rings is 1. The molecular weight excluding hydrogens is 260 g/mol. The molecule has 0 radical (unpaired) electrons. The number of benzene rings is 1. The molecule has 0 spiro atoms. The summed E-state index contributed by atoms with van der Waals surface area (Å²) in [6.07, 6.45) is 1.84. The van der Waals surface area contributed by atoms with Crippen LogP contribution >= 0.6 is 11.6 Å². The summed E-state index contributed by atoms with van der Waals surface area (Å²) in [4.78, 5) is 4.62. The van der Waals surface area contributed by atoms with E-state index in [0.29, 0.717) is 17.6 Å². The van der Waals surface area contributed by atoms with Gasteiger partial charge in [-0.3, -0.25) is 0 Å². The average Bonchev–Trinajstić information content (AvgIpc) is 2.39. The van der Waals surface area contributed by atoms with Crippen molar-refractivity contribution in [1.82, 2.24) is 9.80 Å². The molecule has 19 heavy (non-hydrogen) atoms. The average molecular weight is 283 g/mol. The monoisotopic (exact) mass is 282 g/mol. The zero-order valence-corrected chi connectivity index (χ0v) is 12.5. The van der Waals surface area contributed by atoms with E-state index in [1.807, 2.05) is 24.3 Å². The maximum absolute atomic E-state index is 10.3. The van der Waals surface area contributed by atoms with Gasteiger partial charge in [-0.2, -0.15) is 0 Å². The van der Waals surface area contributed by atoms with Gasteiger partial charge in [0.25, 0.3) is 0 Å². The summed E-state index contributed by atoms with van der Waals surface area (Å²) in [5.41, 5.74) is 0.832. The molecule has 0 aliphatic carbocycles. The fourth-order valence-electron chi connectivity index (χ4n) is 2.71. The Kier molecular flexibility index (Phi) is 5.22. The van der Waals surface area contributed by atoms with Crippen molar-refractivity contribution in [3.8, 4) is 0 Å². The van der Waals surface area contributed by atoms with Gasteiger partial charge in [0.2, 0.25) is 0 Å². The number of hydrogen-bond acceptors (Lipinski definition) is 3. The van der Waals surface area contributed by atoms with Gasteiger partial charge < -0.3 is 14.9 Å². The maximum Gasteiger partial charge on any atom is 0.0931 e. The fraction of sp³-hybridized carbons (Fsp3) is 0.600. The van der Waals surface area contributed by atoms with Crippen LogP contribution in [-0.4, -0.2) is 54.7 Å². The number of hydrogen-bond donors (Lipinski definition) is 1. The third-order valence-corrected chi connectivity index (χ3v) is 4.33. The Morgan fingerprint density at radius 2 is 1.95 bits per heavy atom. The van der Waals surface area contributed by atoms with Crippen LogP contribution < -0.4 is 0 Å². The molecule has 1 heterocycles. The lowest BCUT2D eigenvalue weighted by molar-refractivity contribution is 0.0799. The van der Waals surface area contributed by atoms with Crippen LogP contribution in [0.25, 0.3) is 0 Å². The summed E-state index contributed by atoms with van der Waals surface area (Å²) < 4.78 is 0. The lowest BCUT2D eigenvalue weighted by Crippen LogP contribution is -2.43. The minimum atomic E-state index is -0.496. The first-order chi connectivity index (χ1) is 9.08. The van der Waals surface area contributed by atoms with Gasteiger partial charge in [-0.15, -0.1) is 0 Å². The molecule has 1 aliphatic heterocycles. The summed E-state index contributed by atoms with van der Waals surface area (Å²) >= 11 is 6.12. The predicted molar refractivity (Wildman–Crippen MR) is 79.6 cm³/mol. The van der Waals surface area contributed by atoms with Crippen molar-refractivity contribution in [2.24, 2.45) is 0 Å². The Morgan fingerprint density at radius 1 is 1.32 bits per heavy atom. The second kappa shape index (κ2) is 6.71. The zero-order valence-electron chi connectivity index (χ0n) is 11.7. The normalized spacial score (nSPS) is 19.8. The van der Waals surface area contributed by atoms with Crippen LogP contribution in [0.15, 0.2) is 24.3 Å². The number of β-amino-alcohol motifs (C(OH)–C–C–N with tert-alkyl or cyclic N) is 1. The molecule has 106 valence electrons.